The summed E-state index contributed by atoms with van der Waals surface area (Å²) in [5, 5.41) is 8.69. The second kappa shape index (κ2) is 2.58. The number of aromatic nitrogens is 1. The van der Waals surface area contributed by atoms with Gasteiger partial charge in [-0.2, -0.15) is 0 Å². The van der Waals surface area contributed by atoms with E-state index in [1.165, 1.54) is 12.1 Å². The van der Waals surface area contributed by atoms with Crippen LogP contribution in [-0.4, -0.2) is 16.1 Å². The summed E-state index contributed by atoms with van der Waals surface area (Å²) in [5.74, 6) is -0.423. The van der Waals surface area contributed by atoms with Crippen LogP contribution in [0.5, 0.6) is 0 Å². The Balaban J connectivity index is 2.67. The highest BCUT2D eigenvalue weighted by Gasteiger charge is 2.06. The maximum atomic E-state index is 10.6. The second-order valence-electron chi connectivity index (χ2n) is 2.72. The van der Waals surface area contributed by atoms with Crippen LogP contribution in [0.4, 0.5) is 0 Å². The summed E-state index contributed by atoms with van der Waals surface area (Å²) >= 11 is 0. The summed E-state index contributed by atoms with van der Waals surface area (Å²) in [7, 11) is 0. The Morgan fingerprint density at radius 1 is 1.54 bits per heavy atom. The van der Waals surface area contributed by atoms with Gasteiger partial charge in [-0.1, -0.05) is 0 Å². The third-order valence-corrected chi connectivity index (χ3v) is 1.74. The van der Waals surface area contributed by atoms with Crippen molar-refractivity contribution in [2.75, 3.05) is 0 Å². The summed E-state index contributed by atoms with van der Waals surface area (Å²) < 4.78 is 5.18. The first-order chi connectivity index (χ1) is 6.16. The maximum absolute atomic E-state index is 10.6. The lowest BCUT2D eigenvalue weighted by Gasteiger charge is -1.91. The summed E-state index contributed by atoms with van der Waals surface area (Å²) in [6.07, 6.45) is 0. The van der Waals surface area contributed by atoms with Crippen molar-refractivity contribution < 1.29 is 14.3 Å². The Morgan fingerprint density at radius 2 is 2.31 bits per heavy atom. The van der Waals surface area contributed by atoms with Crippen LogP contribution < -0.4 is 0 Å². The minimum Gasteiger partial charge on any atom is -0.478 e. The molecular weight excluding hydrogens is 170 g/mol. The number of aromatic carboxylic acids is 1. The Kier molecular flexibility index (Phi) is 1.55. The molecule has 1 aromatic carbocycles. The molecule has 13 heavy (non-hydrogen) atoms. The number of fused-ring (bicyclic) bond motifs is 1. The molecule has 0 atom stereocenters. The summed E-state index contributed by atoms with van der Waals surface area (Å²) in [6.45, 7) is 1.72. The molecule has 1 heterocycles. The van der Waals surface area contributed by atoms with Gasteiger partial charge < -0.3 is 9.52 Å². The van der Waals surface area contributed by atoms with E-state index in [9.17, 15) is 4.79 Å². The number of aryl methyl sites for hydroxylation is 1. The summed E-state index contributed by atoms with van der Waals surface area (Å²) in [5.41, 5.74) is 1.41. The van der Waals surface area contributed by atoms with Gasteiger partial charge in [0.2, 0.25) is 0 Å². The molecule has 0 saturated carbocycles. The molecule has 4 heteroatoms. The molecular formula is C9H7NO3. The lowest BCUT2D eigenvalue weighted by atomic mass is 10.2. The zero-order chi connectivity index (χ0) is 9.42. The van der Waals surface area contributed by atoms with Crippen LogP contribution in [0, 0.1) is 6.92 Å². The predicted molar refractivity (Wildman–Crippen MR) is 45.7 cm³/mol. The fourth-order valence-corrected chi connectivity index (χ4v) is 1.17. The molecule has 0 radical (unpaired) electrons. The number of hydrogen-bond donors (Lipinski definition) is 1. The first-order valence-electron chi connectivity index (χ1n) is 3.77. The number of carboxylic acids is 1. The number of carboxylic acid groups (broad SMARTS) is 1. The van der Waals surface area contributed by atoms with E-state index in [1.807, 2.05) is 0 Å². The fraction of sp³-hybridized carbons (Fsp3) is 0.111. The number of oxazole rings is 1. The summed E-state index contributed by atoms with van der Waals surface area (Å²) in [4.78, 5) is 14.6. The lowest BCUT2D eigenvalue weighted by Crippen LogP contribution is -1.94. The molecule has 0 fully saturated rings. The van der Waals surface area contributed by atoms with Gasteiger partial charge in [0.05, 0.1) is 5.56 Å². The van der Waals surface area contributed by atoms with Crippen molar-refractivity contribution in [3.05, 3.63) is 29.7 Å². The minimum absolute atomic E-state index is 0.212. The van der Waals surface area contributed by atoms with Gasteiger partial charge in [-0.15, -0.1) is 0 Å². The number of carbonyl (C=O) groups is 1. The lowest BCUT2D eigenvalue weighted by molar-refractivity contribution is 0.0697. The van der Waals surface area contributed by atoms with Crippen molar-refractivity contribution >= 4 is 17.1 Å². The van der Waals surface area contributed by atoms with E-state index in [0.29, 0.717) is 17.0 Å². The van der Waals surface area contributed by atoms with E-state index in [0.717, 1.165) is 0 Å². The third kappa shape index (κ3) is 1.26. The Bertz CT molecular complexity index is 473. The monoisotopic (exact) mass is 177 g/mol. The molecule has 1 aromatic heterocycles. The first kappa shape index (κ1) is 7.79. The van der Waals surface area contributed by atoms with Crippen LogP contribution >= 0.6 is 0 Å². The topological polar surface area (TPSA) is 63.3 Å². The highest BCUT2D eigenvalue weighted by Crippen LogP contribution is 2.16. The highest BCUT2D eigenvalue weighted by atomic mass is 16.4. The standard InChI is InChI=1S/C9H7NO3/c1-5-10-7-3-2-6(9(11)12)4-8(7)13-5/h2-4H,1H3,(H,11,12). The Hall–Kier alpha value is -1.84. The van der Waals surface area contributed by atoms with Crippen molar-refractivity contribution in [2.45, 2.75) is 6.92 Å². The largest absolute Gasteiger partial charge is 0.478 e. The zero-order valence-corrected chi connectivity index (χ0v) is 6.94. The minimum atomic E-state index is -0.962. The van der Waals surface area contributed by atoms with E-state index in [1.54, 1.807) is 13.0 Å². The van der Waals surface area contributed by atoms with Gasteiger partial charge in [0.1, 0.15) is 5.52 Å². The van der Waals surface area contributed by atoms with Gasteiger partial charge in [-0.05, 0) is 18.2 Å². The molecule has 0 unspecified atom stereocenters. The number of nitrogens with zero attached hydrogens (tertiary/aromatic N) is 1. The van der Waals surface area contributed by atoms with E-state index in [-0.39, 0.29) is 5.56 Å². The Labute approximate surface area is 73.8 Å². The van der Waals surface area contributed by atoms with Gasteiger partial charge in [-0.3, -0.25) is 0 Å². The van der Waals surface area contributed by atoms with Crippen LogP contribution in [0.1, 0.15) is 16.2 Å². The first-order valence-corrected chi connectivity index (χ1v) is 3.77. The van der Waals surface area contributed by atoms with E-state index >= 15 is 0 Å². The predicted octanol–water partition coefficient (Wildman–Crippen LogP) is 1.83. The molecule has 0 aliphatic rings. The molecule has 2 rings (SSSR count). The van der Waals surface area contributed by atoms with Gasteiger partial charge in [0.15, 0.2) is 11.5 Å². The average molecular weight is 177 g/mol. The molecule has 0 saturated heterocycles. The van der Waals surface area contributed by atoms with Crippen LogP contribution in [0.25, 0.3) is 11.1 Å². The van der Waals surface area contributed by atoms with Crippen molar-refractivity contribution in [2.24, 2.45) is 0 Å². The summed E-state index contributed by atoms with van der Waals surface area (Å²) in [6, 6.07) is 4.61. The van der Waals surface area contributed by atoms with E-state index in [4.69, 9.17) is 9.52 Å². The molecule has 4 nitrogen and oxygen atoms in total. The van der Waals surface area contributed by atoms with Gasteiger partial charge >= 0.3 is 5.97 Å². The van der Waals surface area contributed by atoms with Gasteiger partial charge in [-0.25, -0.2) is 9.78 Å². The quantitative estimate of drug-likeness (QED) is 0.721. The molecule has 66 valence electrons. The van der Waals surface area contributed by atoms with Gasteiger partial charge in [0, 0.05) is 6.92 Å². The van der Waals surface area contributed by atoms with Crippen LogP contribution in [0.15, 0.2) is 22.6 Å². The Morgan fingerprint density at radius 3 is 3.00 bits per heavy atom. The zero-order valence-electron chi connectivity index (χ0n) is 6.94. The number of hydrogen-bond acceptors (Lipinski definition) is 3. The molecule has 0 amide bonds. The van der Waals surface area contributed by atoms with E-state index in [2.05, 4.69) is 4.98 Å². The molecule has 0 aliphatic heterocycles. The maximum Gasteiger partial charge on any atom is 0.335 e. The van der Waals surface area contributed by atoms with Crippen molar-refractivity contribution in [1.82, 2.24) is 4.98 Å². The SMILES string of the molecule is Cc1nc2ccc(C(=O)O)cc2o1. The second-order valence-corrected chi connectivity index (χ2v) is 2.72. The molecule has 0 bridgehead atoms. The van der Waals surface area contributed by atoms with Gasteiger partial charge in [0.25, 0.3) is 0 Å². The normalized spacial score (nSPS) is 10.5. The highest BCUT2D eigenvalue weighted by molar-refractivity contribution is 5.91. The number of benzene rings is 1. The molecule has 1 N–H and O–H groups in total. The average Bonchev–Trinajstić information content (AvgIpc) is 2.42. The molecule has 0 spiro atoms. The van der Waals surface area contributed by atoms with Crippen molar-refractivity contribution in [3.63, 3.8) is 0 Å². The number of rotatable bonds is 1. The van der Waals surface area contributed by atoms with Crippen molar-refractivity contribution in [3.8, 4) is 0 Å². The molecule has 0 aliphatic carbocycles. The fourth-order valence-electron chi connectivity index (χ4n) is 1.17. The van der Waals surface area contributed by atoms with Crippen molar-refractivity contribution in [1.29, 1.82) is 0 Å². The van der Waals surface area contributed by atoms with Crippen LogP contribution in [-0.2, 0) is 0 Å². The third-order valence-electron chi connectivity index (χ3n) is 1.74. The van der Waals surface area contributed by atoms with Crippen LogP contribution in [0.2, 0.25) is 0 Å². The van der Waals surface area contributed by atoms with E-state index < -0.39 is 5.97 Å². The van der Waals surface area contributed by atoms with Crippen LogP contribution in [0.3, 0.4) is 0 Å². The molecule has 2 aromatic rings. The smallest absolute Gasteiger partial charge is 0.335 e.